The summed E-state index contributed by atoms with van der Waals surface area (Å²) in [6, 6.07) is 2.86. The topological polar surface area (TPSA) is 55.7 Å². The van der Waals surface area contributed by atoms with E-state index in [-0.39, 0.29) is 6.10 Å². The SMILES string of the molecule is CC(C1CCN(c2cc(N3CCC(O)CC3)ncn2)CC1)N1CCCC1. The molecular weight excluding hydrogens is 326 g/mol. The summed E-state index contributed by atoms with van der Waals surface area (Å²) in [5.74, 6) is 2.89. The van der Waals surface area contributed by atoms with Crippen molar-refractivity contribution >= 4 is 11.6 Å². The van der Waals surface area contributed by atoms with Crippen LogP contribution in [-0.4, -0.2) is 71.4 Å². The third kappa shape index (κ3) is 3.96. The molecule has 0 saturated carbocycles. The molecule has 4 rings (SSSR count). The first-order valence-corrected chi connectivity index (χ1v) is 10.4. The average molecular weight is 360 g/mol. The number of aromatic nitrogens is 2. The first kappa shape index (κ1) is 18.0. The summed E-state index contributed by atoms with van der Waals surface area (Å²) in [6.45, 7) is 8.97. The Morgan fingerprint density at radius 2 is 1.42 bits per heavy atom. The molecule has 1 N–H and O–H groups in total. The smallest absolute Gasteiger partial charge is 0.134 e. The summed E-state index contributed by atoms with van der Waals surface area (Å²) in [7, 11) is 0. The van der Waals surface area contributed by atoms with Crippen molar-refractivity contribution in [1.29, 1.82) is 0 Å². The number of aliphatic hydroxyl groups excluding tert-OH is 1. The van der Waals surface area contributed by atoms with Gasteiger partial charge in [-0.05, 0) is 64.5 Å². The van der Waals surface area contributed by atoms with Crippen molar-refractivity contribution in [2.24, 2.45) is 5.92 Å². The molecule has 1 unspecified atom stereocenters. The molecule has 0 aromatic carbocycles. The second kappa shape index (κ2) is 8.09. The lowest BCUT2D eigenvalue weighted by molar-refractivity contribution is 0.145. The molecule has 6 heteroatoms. The predicted molar refractivity (Wildman–Crippen MR) is 105 cm³/mol. The molecule has 0 amide bonds. The molecule has 0 bridgehead atoms. The van der Waals surface area contributed by atoms with Gasteiger partial charge in [-0.1, -0.05) is 0 Å². The summed E-state index contributed by atoms with van der Waals surface area (Å²) in [6.07, 6.45) is 8.48. The van der Waals surface area contributed by atoms with Crippen LogP contribution in [0.25, 0.3) is 0 Å². The van der Waals surface area contributed by atoms with Crippen LogP contribution in [0.1, 0.15) is 45.4 Å². The second-order valence-electron chi connectivity index (χ2n) is 8.26. The summed E-state index contributed by atoms with van der Waals surface area (Å²) in [5.41, 5.74) is 0. The van der Waals surface area contributed by atoms with Gasteiger partial charge in [0.2, 0.25) is 0 Å². The van der Waals surface area contributed by atoms with Gasteiger partial charge in [-0.15, -0.1) is 0 Å². The van der Waals surface area contributed by atoms with E-state index in [1.807, 2.05) is 0 Å². The van der Waals surface area contributed by atoms with E-state index in [0.717, 1.165) is 62.6 Å². The van der Waals surface area contributed by atoms with Gasteiger partial charge < -0.3 is 19.8 Å². The highest BCUT2D eigenvalue weighted by Crippen LogP contribution is 2.29. The maximum Gasteiger partial charge on any atom is 0.134 e. The number of rotatable bonds is 4. The van der Waals surface area contributed by atoms with E-state index in [0.29, 0.717) is 0 Å². The molecule has 4 heterocycles. The van der Waals surface area contributed by atoms with Gasteiger partial charge >= 0.3 is 0 Å². The van der Waals surface area contributed by atoms with Crippen LogP contribution < -0.4 is 9.80 Å². The fraction of sp³-hybridized carbons (Fsp3) is 0.800. The minimum absolute atomic E-state index is 0.149. The fourth-order valence-electron chi connectivity index (χ4n) is 4.84. The summed E-state index contributed by atoms with van der Waals surface area (Å²) >= 11 is 0. The Morgan fingerprint density at radius 3 is 2.00 bits per heavy atom. The monoisotopic (exact) mass is 359 g/mol. The molecule has 3 saturated heterocycles. The van der Waals surface area contributed by atoms with Crippen LogP contribution in [0.15, 0.2) is 12.4 Å². The average Bonchev–Trinajstić information content (AvgIpc) is 3.23. The van der Waals surface area contributed by atoms with Crippen molar-refractivity contribution in [1.82, 2.24) is 14.9 Å². The lowest BCUT2D eigenvalue weighted by Gasteiger charge is -2.39. The van der Waals surface area contributed by atoms with Crippen molar-refractivity contribution in [2.75, 3.05) is 49.1 Å². The highest BCUT2D eigenvalue weighted by molar-refractivity contribution is 5.50. The van der Waals surface area contributed by atoms with Crippen LogP contribution in [0.4, 0.5) is 11.6 Å². The minimum Gasteiger partial charge on any atom is -0.393 e. The van der Waals surface area contributed by atoms with Gasteiger partial charge in [-0.3, -0.25) is 0 Å². The number of nitrogens with zero attached hydrogens (tertiary/aromatic N) is 5. The molecule has 3 aliphatic heterocycles. The molecule has 3 fully saturated rings. The third-order valence-electron chi connectivity index (χ3n) is 6.69. The van der Waals surface area contributed by atoms with Crippen molar-refractivity contribution < 1.29 is 5.11 Å². The van der Waals surface area contributed by atoms with Crippen LogP contribution in [-0.2, 0) is 0 Å². The molecule has 6 nitrogen and oxygen atoms in total. The van der Waals surface area contributed by atoms with Crippen LogP contribution in [0.5, 0.6) is 0 Å². The van der Waals surface area contributed by atoms with Gasteiger partial charge in [0, 0.05) is 38.3 Å². The number of likely N-dealkylation sites (tertiary alicyclic amines) is 1. The van der Waals surface area contributed by atoms with Gasteiger partial charge in [0.15, 0.2) is 0 Å². The Balaban J connectivity index is 1.35. The van der Waals surface area contributed by atoms with Gasteiger partial charge in [0.05, 0.1) is 6.10 Å². The van der Waals surface area contributed by atoms with Crippen LogP contribution >= 0.6 is 0 Å². The Kier molecular flexibility index (Phi) is 5.60. The van der Waals surface area contributed by atoms with E-state index < -0.39 is 0 Å². The molecule has 0 spiro atoms. The van der Waals surface area contributed by atoms with Gasteiger partial charge in [-0.2, -0.15) is 0 Å². The summed E-state index contributed by atoms with van der Waals surface area (Å²) < 4.78 is 0. The lowest BCUT2D eigenvalue weighted by atomic mass is 9.89. The Hall–Kier alpha value is -1.40. The molecule has 144 valence electrons. The van der Waals surface area contributed by atoms with E-state index in [2.05, 4.69) is 37.7 Å². The molecule has 1 aromatic rings. The Bertz CT molecular complexity index is 575. The summed E-state index contributed by atoms with van der Waals surface area (Å²) in [4.78, 5) is 16.4. The van der Waals surface area contributed by atoms with E-state index in [9.17, 15) is 5.11 Å². The van der Waals surface area contributed by atoms with Gasteiger partial charge in [0.25, 0.3) is 0 Å². The zero-order chi connectivity index (χ0) is 17.9. The number of hydrogen-bond acceptors (Lipinski definition) is 6. The fourth-order valence-corrected chi connectivity index (χ4v) is 4.84. The largest absolute Gasteiger partial charge is 0.393 e. The van der Waals surface area contributed by atoms with Gasteiger partial charge in [0.1, 0.15) is 18.0 Å². The van der Waals surface area contributed by atoms with Crippen LogP contribution in [0.3, 0.4) is 0 Å². The molecule has 1 atom stereocenters. The van der Waals surface area contributed by atoms with Crippen molar-refractivity contribution in [2.45, 2.75) is 57.6 Å². The number of aliphatic hydroxyl groups is 1. The zero-order valence-electron chi connectivity index (χ0n) is 16.1. The van der Waals surface area contributed by atoms with E-state index >= 15 is 0 Å². The Morgan fingerprint density at radius 1 is 0.885 bits per heavy atom. The minimum atomic E-state index is -0.149. The highest BCUT2D eigenvalue weighted by atomic mass is 16.3. The molecule has 0 radical (unpaired) electrons. The van der Waals surface area contributed by atoms with Crippen LogP contribution in [0, 0.1) is 5.92 Å². The van der Waals surface area contributed by atoms with Crippen molar-refractivity contribution in [3.8, 4) is 0 Å². The lowest BCUT2D eigenvalue weighted by Crippen LogP contribution is -2.43. The van der Waals surface area contributed by atoms with Crippen LogP contribution in [0.2, 0.25) is 0 Å². The van der Waals surface area contributed by atoms with E-state index in [1.54, 1.807) is 6.33 Å². The first-order valence-electron chi connectivity index (χ1n) is 10.4. The predicted octanol–water partition coefficient (Wildman–Crippen LogP) is 2.14. The first-order chi connectivity index (χ1) is 12.7. The number of piperidine rings is 2. The molecule has 1 aromatic heterocycles. The molecule has 26 heavy (non-hydrogen) atoms. The van der Waals surface area contributed by atoms with Gasteiger partial charge in [-0.25, -0.2) is 9.97 Å². The van der Waals surface area contributed by atoms with Crippen molar-refractivity contribution in [3.63, 3.8) is 0 Å². The Labute approximate surface area is 157 Å². The molecular formula is C20H33N5O. The summed E-state index contributed by atoms with van der Waals surface area (Å²) in [5, 5.41) is 9.71. The quantitative estimate of drug-likeness (QED) is 0.889. The maximum atomic E-state index is 9.71. The molecule has 0 aliphatic carbocycles. The van der Waals surface area contributed by atoms with Crippen molar-refractivity contribution in [3.05, 3.63) is 12.4 Å². The number of anilines is 2. The standard InChI is InChI=1S/C20H33N5O/c1-16(23-8-2-3-9-23)17-4-10-24(11-5-17)19-14-20(22-15-21-19)25-12-6-18(26)7-13-25/h14-18,26H,2-13H2,1H3. The number of hydrogen-bond donors (Lipinski definition) is 1. The molecule has 3 aliphatic rings. The van der Waals surface area contributed by atoms with E-state index in [1.165, 1.54) is 38.8 Å². The van der Waals surface area contributed by atoms with E-state index in [4.69, 9.17) is 0 Å². The second-order valence-corrected chi connectivity index (χ2v) is 8.26. The zero-order valence-corrected chi connectivity index (χ0v) is 16.1. The highest BCUT2D eigenvalue weighted by Gasteiger charge is 2.29. The maximum absolute atomic E-state index is 9.71. The third-order valence-corrected chi connectivity index (χ3v) is 6.69. The normalized spacial score (nSPS) is 25.0.